The first kappa shape index (κ1) is 19.9. The first-order chi connectivity index (χ1) is 13.2. The predicted molar refractivity (Wildman–Crippen MR) is 113 cm³/mol. The van der Waals surface area contributed by atoms with E-state index >= 15 is 0 Å². The molecule has 4 nitrogen and oxygen atoms in total. The summed E-state index contributed by atoms with van der Waals surface area (Å²) in [5, 5.41) is 0. The van der Waals surface area contributed by atoms with Gasteiger partial charge in [-0.15, -0.1) is 11.8 Å². The fourth-order valence-corrected chi connectivity index (χ4v) is 4.64. The Morgan fingerprint density at radius 2 is 1.96 bits per heavy atom. The van der Waals surface area contributed by atoms with Gasteiger partial charge in [0.25, 0.3) is 0 Å². The van der Waals surface area contributed by atoms with E-state index in [2.05, 4.69) is 52.9 Å². The molecule has 2 aromatic carbocycles. The van der Waals surface area contributed by atoms with Crippen molar-refractivity contribution in [2.75, 3.05) is 19.5 Å². The molecule has 0 aliphatic carbocycles. The monoisotopic (exact) mass is 400 g/mol. The van der Waals surface area contributed by atoms with Crippen molar-refractivity contribution in [3.05, 3.63) is 58.9 Å². The molecule has 0 fully saturated rings. The van der Waals surface area contributed by atoms with E-state index in [0.717, 1.165) is 27.2 Å². The molecule has 0 spiro atoms. The van der Waals surface area contributed by atoms with E-state index < -0.39 is 0 Å². The number of rotatable bonds is 8. The largest absolute Gasteiger partial charge is 0.383 e. The van der Waals surface area contributed by atoms with Gasteiger partial charge in [0, 0.05) is 25.0 Å². The number of carbonyl (C=O) groups is 1. The summed E-state index contributed by atoms with van der Waals surface area (Å²) in [6.45, 7) is 3.37. The van der Waals surface area contributed by atoms with Gasteiger partial charge in [0.2, 0.25) is 5.91 Å². The van der Waals surface area contributed by atoms with Crippen molar-refractivity contribution in [3.8, 4) is 0 Å². The minimum Gasteiger partial charge on any atom is -0.383 e. The average Bonchev–Trinajstić information content (AvgIpc) is 3.02. The molecule has 142 valence electrons. The van der Waals surface area contributed by atoms with Crippen LogP contribution in [0.5, 0.6) is 0 Å². The fourth-order valence-electron chi connectivity index (χ4n) is 2.72. The van der Waals surface area contributed by atoms with Crippen LogP contribution in [0.15, 0.2) is 58.4 Å². The van der Waals surface area contributed by atoms with Gasteiger partial charge in [-0.2, -0.15) is 4.99 Å². The van der Waals surface area contributed by atoms with Crippen molar-refractivity contribution in [2.24, 2.45) is 4.99 Å². The first-order valence-electron chi connectivity index (χ1n) is 9.02. The third-order valence-corrected chi connectivity index (χ3v) is 6.31. The minimum atomic E-state index is -0.0581. The van der Waals surface area contributed by atoms with Crippen LogP contribution < -0.4 is 4.80 Å². The Hall–Kier alpha value is -1.89. The van der Waals surface area contributed by atoms with Crippen molar-refractivity contribution in [1.82, 2.24) is 4.57 Å². The van der Waals surface area contributed by atoms with Crippen LogP contribution in [0.3, 0.4) is 0 Å². The van der Waals surface area contributed by atoms with Crippen LogP contribution in [0.4, 0.5) is 0 Å². The van der Waals surface area contributed by atoms with Crippen LogP contribution in [0.25, 0.3) is 10.2 Å². The Balaban J connectivity index is 1.63. The number of benzene rings is 2. The van der Waals surface area contributed by atoms with E-state index in [1.807, 2.05) is 12.1 Å². The molecule has 0 unspecified atom stereocenters. The van der Waals surface area contributed by atoms with E-state index in [4.69, 9.17) is 4.74 Å². The summed E-state index contributed by atoms with van der Waals surface area (Å²) >= 11 is 3.34. The SMILES string of the molecule is COCCn1c(=NC(=O)CCCSc2ccc(C)cc2)sc2ccccc21. The summed E-state index contributed by atoms with van der Waals surface area (Å²) < 4.78 is 8.41. The minimum absolute atomic E-state index is 0.0581. The lowest BCUT2D eigenvalue weighted by molar-refractivity contribution is -0.118. The molecular weight excluding hydrogens is 376 g/mol. The van der Waals surface area contributed by atoms with Crippen LogP contribution in [-0.2, 0) is 16.1 Å². The van der Waals surface area contributed by atoms with Crippen LogP contribution in [0, 0.1) is 6.92 Å². The maximum absolute atomic E-state index is 12.4. The van der Waals surface area contributed by atoms with E-state index in [9.17, 15) is 4.79 Å². The number of carbonyl (C=O) groups excluding carboxylic acids is 1. The highest BCUT2D eigenvalue weighted by atomic mass is 32.2. The Labute approximate surface area is 167 Å². The molecule has 3 aromatic rings. The number of amides is 1. The number of hydrogen-bond acceptors (Lipinski definition) is 4. The molecule has 1 amide bonds. The fraction of sp³-hybridized carbons (Fsp3) is 0.333. The summed E-state index contributed by atoms with van der Waals surface area (Å²) in [4.78, 5) is 18.7. The summed E-state index contributed by atoms with van der Waals surface area (Å²) in [5.41, 5.74) is 2.36. The number of para-hydroxylation sites is 1. The molecule has 0 aliphatic rings. The smallest absolute Gasteiger partial charge is 0.248 e. The van der Waals surface area contributed by atoms with Gasteiger partial charge in [-0.25, -0.2) is 0 Å². The summed E-state index contributed by atoms with van der Waals surface area (Å²) in [6, 6.07) is 16.6. The Bertz CT molecular complexity index is 958. The molecule has 0 atom stereocenters. The quantitative estimate of drug-likeness (QED) is 0.408. The summed E-state index contributed by atoms with van der Waals surface area (Å²) in [5.74, 6) is 0.859. The van der Waals surface area contributed by atoms with E-state index in [0.29, 0.717) is 19.6 Å². The van der Waals surface area contributed by atoms with Crippen LogP contribution in [-0.4, -0.2) is 29.9 Å². The molecular formula is C21H24N2O2S2. The summed E-state index contributed by atoms with van der Waals surface area (Å²) in [7, 11) is 1.68. The maximum Gasteiger partial charge on any atom is 0.248 e. The average molecular weight is 401 g/mol. The zero-order chi connectivity index (χ0) is 19.1. The third-order valence-electron chi connectivity index (χ3n) is 4.15. The predicted octanol–water partition coefficient (Wildman–Crippen LogP) is 4.66. The Morgan fingerprint density at radius 3 is 2.74 bits per heavy atom. The molecule has 1 aromatic heterocycles. The maximum atomic E-state index is 12.4. The number of aromatic nitrogens is 1. The number of thiazole rings is 1. The molecule has 0 saturated carbocycles. The standard InChI is InChI=1S/C21H24N2O2S2/c1-16-9-11-17(12-10-16)26-15-5-8-20(24)22-21-23(13-14-25-2)18-6-3-4-7-19(18)27-21/h3-4,6-7,9-12H,5,8,13-15H2,1-2H3. The number of aryl methyl sites for hydroxylation is 1. The number of methoxy groups -OCH3 is 1. The van der Waals surface area contributed by atoms with Crippen molar-refractivity contribution >= 4 is 39.2 Å². The number of thioether (sulfide) groups is 1. The molecule has 0 bridgehead atoms. The zero-order valence-electron chi connectivity index (χ0n) is 15.7. The van der Waals surface area contributed by atoms with E-state index in [1.165, 1.54) is 10.5 Å². The van der Waals surface area contributed by atoms with Gasteiger partial charge in [0.15, 0.2) is 4.80 Å². The van der Waals surface area contributed by atoms with Crippen molar-refractivity contribution in [2.45, 2.75) is 31.2 Å². The molecule has 0 N–H and O–H groups in total. The van der Waals surface area contributed by atoms with Crippen LogP contribution >= 0.6 is 23.1 Å². The normalized spacial score (nSPS) is 12.0. The van der Waals surface area contributed by atoms with Gasteiger partial charge < -0.3 is 9.30 Å². The van der Waals surface area contributed by atoms with Crippen LogP contribution in [0.2, 0.25) is 0 Å². The van der Waals surface area contributed by atoms with Gasteiger partial charge in [0.1, 0.15) is 0 Å². The Kier molecular flexibility index (Phi) is 7.26. The molecule has 3 rings (SSSR count). The first-order valence-corrected chi connectivity index (χ1v) is 10.8. The van der Waals surface area contributed by atoms with Crippen molar-refractivity contribution in [1.29, 1.82) is 0 Å². The Morgan fingerprint density at radius 1 is 1.19 bits per heavy atom. The lowest BCUT2D eigenvalue weighted by atomic mass is 10.2. The number of fused-ring (bicyclic) bond motifs is 1. The number of ether oxygens (including phenoxy) is 1. The molecule has 0 radical (unpaired) electrons. The van der Waals surface area contributed by atoms with Gasteiger partial charge in [0.05, 0.1) is 16.8 Å². The zero-order valence-corrected chi connectivity index (χ0v) is 17.3. The van der Waals surface area contributed by atoms with Crippen LogP contribution in [0.1, 0.15) is 18.4 Å². The second-order valence-electron chi connectivity index (χ2n) is 6.27. The molecule has 0 aliphatic heterocycles. The van der Waals surface area contributed by atoms with Gasteiger partial charge in [-0.3, -0.25) is 4.79 Å². The second kappa shape index (κ2) is 9.88. The van der Waals surface area contributed by atoms with E-state index in [-0.39, 0.29) is 5.91 Å². The highest BCUT2D eigenvalue weighted by Crippen LogP contribution is 2.20. The third kappa shape index (κ3) is 5.54. The van der Waals surface area contributed by atoms with Gasteiger partial charge >= 0.3 is 0 Å². The molecule has 6 heteroatoms. The lowest BCUT2D eigenvalue weighted by Gasteiger charge is -2.04. The van der Waals surface area contributed by atoms with Crippen molar-refractivity contribution < 1.29 is 9.53 Å². The number of hydrogen-bond donors (Lipinski definition) is 0. The second-order valence-corrected chi connectivity index (χ2v) is 8.44. The summed E-state index contributed by atoms with van der Waals surface area (Å²) in [6.07, 6.45) is 1.29. The topological polar surface area (TPSA) is 43.6 Å². The highest BCUT2D eigenvalue weighted by molar-refractivity contribution is 7.99. The number of nitrogens with zero attached hydrogens (tertiary/aromatic N) is 2. The molecule has 1 heterocycles. The lowest BCUT2D eigenvalue weighted by Crippen LogP contribution is -2.19. The molecule has 0 saturated heterocycles. The van der Waals surface area contributed by atoms with Gasteiger partial charge in [-0.05, 0) is 43.4 Å². The van der Waals surface area contributed by atoms with E-state index in [1.54, 1.807) is 30.2 Å². The molecule has 27 heavy (non-hydrogen) atoms. The van der Waals surface area contributed by atoms with Crippen molar-refractivity contribution in [3.63, 3.8) is 0 Å². The van der Waals surface area contributed by atoms with Gasteiger partial charge in [-0.1, -0.05) is 41.2 Å². The highest BCUT2D eigenvalue weighted by Gasteiger charge is 2.07.